The van der Waals surface area contributed by atoms with Gasteiger partial charge >= 0.3 is 0 Å². The summed E-state index contributed by atoms with van der Waals surface area (Å²) < 4.78 is 2.17. The Kier molecular flexibility index (Phi) is 7.48. The summed E-state index contributed by atoms with van der Waals surface area (Å²) in [7, 11) is 5.47. The molecule has 0 radical (unpaired) electrons. The zero-order valence-electron chi connectivity index (χ0n) is 16.7. The van der Waals surface area contributed by atoms with Crippen molar-refractivity contribution < 1.29 is 4.79 Å². The number of amides is 1. The highest BCUT2D eigenvalue weighted by molar-refractivity contribution is 5.85. The van der Waals surface area contributed by atoms with Gasteiger partial charge in [0.1, 0.15) is 5.82 Å². The lowest BCUT2D eigenvalue weighted by Crippen LogP contribution is -2.49. The van der Waals surface area contributed by atoms with Gasteiger partial charge in [0.05, 0.1) is 5.41 Å². The molecule has 1 aliphatic carbocycles. The number of nitrogens with zero attached hydrogens (tertiary/aromatic N) is 4. The molecule has 2 rings (SSSR count). The molecule has 0 unspecified atom stereocenters. The van der Waals surface area contributed by atoms with E-state index in [1.54, 1.807) is 11.9 Å². The van der Waals surface area contributed by atoms with Crippen molar-refractivity contribution in [2.75, 3.05) is 34.2 Å². The number of aromatic nitrogens is 2. The molecule has 26 heavy (non-hydrogen) atoms. The van der Waals surface area contributed by atoms with E-state index < -0.39 is 0 Å². The summed E-state index contributed by atoms with van der Waals surface area (Å²) in [5.74, 6) is 2.07. The van der Waals surface area contributed by atoms with Crippen molar-refractivity contribution in [3.05, 3.63) is 18.2 Å². The Hall–Kier alpha value is -2.05. The van der Waals surface area contributed by atoms with Crippen molar-refractivity contribution in [2.45, 2.75) is 52.0 Å². The van der Waals surface area contributed by atoms with Gasteiger partial charge in [-0.3, -0.25) is 9.79 Å². The van der Waals surface area contributed by atoms with E-state index in [1.807, 2.05) is 33.4 Å². The number of imidazole rings is 1. The van der Waals surface area contributed by atoms with Crippen LogP contribution in [-0.4, -0.2) is 60.6 Å². The number of carbonyl (C=O) groups is 1. The zero-order chi connectivity index (χ0) is 19.0. The van der Waals surface area contributed by atoms with Gasteiger partial charge in [-0.05, 0) is 32.6 Å². The first kappa shape index (κ1) is 20.3. The summed E-state index contributed by atoms with van der Waals surface area (Å²) >= 11 is 0. The van der Waals surface area contributed by atoms with Gasteiger partial charge in [0.25, 0.3) is 0 Å². The fourth-order valence-corrected chi connectivity index (χ4v) is 3.72. The summed E-state index contributed by atoms with van der Waals surface area (Å²) in [6.45, 7) is 4.53. The first-order valence-electron chi connectivity index (χ1n) is 9.62. The van der Waals surface area contributed by atoms with Crippen LogP contribution in [0.15, 0.2) is 17.4 Å². The van der Waals surface area contributed by atoms with E-state index in [9.17, 15) is 4.79 Å². The molecule has 0 bridgehead atoms. The summed E-state index contributed by atoms with van der Waals surface area (Å²) in [5, 5.41) is 6.74. The summed E-state index contributed by atoms with van der Waals surface area (Å²) in [5.41, 5.74) is -0.278. The molecule has 0 spiro atoms. The second-order valence-corrected chi connectivity index (χ2v) is 7.41. The van der Waals surface area contributed by atoms with Gasteiger partial charge in [-0.25, -0.2) is 4.98 Å². The molecule has 7 heteroatoms. The van der Waals surface area contributed by atoms with E-state index in [-0.39, 0.29) is 11.3 Å². The minimum Gasteiger partial charge on any atom is -0.356 e. The molecule has 1 fully saturated rings. The molecule has 0 aromatic carbocycles. The highest BCUT2D eigenvalue weighted by atomic mass is 16.2. The van der Waals surface area contributed by atoms with Crippen LogP contribution >= 0.6 is 0 Å². The van der Waals surface area contributed by atoms with Crippen LogP contribution in [0.25, 0.3) is 0 Å². The Morgan fingerprint density at radius 1 is 1.31 bits per heavy atom. The average molecular weight is 363 g/mol. The van der Waals surface area contributed by atoms with Crippen LogP contribution in [0.1, 0.15) is 44.3 Å². The maximum absolute atomic E-state index is 12.6. The number of aliphatic imine (C=N–C) groups is 1. The monoisotopic (exact) mass is 362 g/mol. The van der Waals surface area contributed by atoms with Gasteiger partial charge in [-0.1, -0.05) is 12.8 Å². The molecule has 146 valence electrons. The van der Waals surface area contributed by atoms with Gasteiger partial charge in [0.15, 0.2) is 5.96 Å². The number of hydrogen-bond acceptors (Lipinski definition) is 3. The maximum atomic E-state index is 12.6. The van der Waals surface area contributed by atoms with Crippen molar-refractivity contribution in [3.8, 4) is 0 Å². The van der Waals surface area contributed by atoms with Crippen molar-refractivity contribution in [1.29, 1.82) is 0 Å². The average Bonchev–Trinajstić information content (AvgIpc) is 3.26. The lowest BCUT2D eigenvalue weighted by Gasteiger charge is -2.31. The molecule has 0 atom stereocenters. The van der Waals surface area contributed by atoms with Gasteiger partial charge in [-0.15, -0.1) is 0 Å². The van der Waals surface area contributed by atoms with Crippen LogP contribution in [0.4, 0.5) is 0 Å². The predicted octanol–water partition coefficient (Wildman–Crippen LogP) is 1.79. The summed E-state index contributed by atoms with van der Waals surface area (Å²) in [6.07, 6.45) is 10.2. The molecule has 1 aliphatic rings. The SMILES string of the molecule is CN=C(NCCCCn1ccnc1C)NCC1(C(=O)N(C)C)CCCC1. The molecule has 2 N–H and O–H groups in total. The van der Waals surface area contributed by atoms with Crippen LogP contribution in [0.5, 0.6) is 0 Å². The van der Waals surface area contributed by atoms with E-state index in [4.69, 9.17) is 0 Å². The molecular weight excluding hydrogens is 328 g/mol. The van der Waals surface area contributed by atoms with Crippen LogP contribution in [0.2, 0.25) is 0 Å². The Balaban J connectivity index is 1.73. The smallest absolute Gasteiger partial charge is 0.230 e. The first-order chi connectivity index (χ1) is 12.5. The normalized spacial score (nSPS) is 16.5. The fraction of sp³-hybridized carbons (Fsp3) is 0.737. The predicted molar refractivity (Wildman–Crippen MR) is 105 cm³/mol. The Morgan fingerprint density at radius 2 is 2.04 bits per heavy atom. The number of carbonyl (C=O) groups excluding carboxylic acids is 1. The zero-order valence-corrected chi connectivity index (χ0v) is 16.7. The van der Waals surface area contributed by atoms with Gasteiger partial charge in [-0.2, -0.15) is 0 Å². The van der Waals surface area contributed by atoms with Gasteiger partial charge < -0.3 is 20.1 Å². The first-order valence-corrected chi connectivity index (χ1v) is 9.62. The number of aryl methyl sites for hydroxylation is 2. The van der Waals surface area contributed by atoms with Crippen LogP contribution in [-0.2, 0) is 11.3 Å². The summed E-state index contributed by atoms with van der Waals surface area (Å²) in [6, 6.07) is 0. The second kappa shape index (κ2) is 9.59. The molecule has 1 amide bonds. The number of rotatable bonds is 8. The van der Waals surface area contributed by atoms with Crippen LogP contribution in [0, 0.1) is 12.3 Å². The molecule has 7 nitrogen and oxygen atoms in total. The third-order valence-electron chi connectivity index (χ3n) is 5.28. The van der Waals surface area contributed by atoms with E-state index in [0.29, 0.717) is 6.54 Å². The lowest BCUT2D eigenvalue weighted by atomic mass is 9.84. The molecule has 1 aromatic heterocycles. The van der Waals surface area contributed by atoms with Crippen LogP contribution < -0.4 is 10.6 Å². The molecular formula is C19H34N6O. The second-order valence-electron chi connectivity index (χ2n) is 7.41. The van der Waals surface area contributed by atoms with E-state index in [0.717, 1.165) is 63.4 Å². The van der Waals surface area contributed by atoms with Crippen molar-refractivity contribution in [3.63, 3.8) is 0 Å². The van der Waals surface area contributed by atoms with Gasteiger partial charge in [0, 0.05) is 53.2 Å². The van der Waals surface area contributed by atoms with Crippen molar-refractivity contribution >= 4 is 11.9 Å². The quantitative estimate of drug-likeness (QED) is 0.420. The highest BCUT2D eigenvalue weighted by Gasteiger charge is 2.42. The number of hydrogen-bond donors (Lipinski definition) is 2. The molecule has 1 saturated carbocycles. The summed E-state index contributed by atoms with van der Waals surface area (Å²) in [4.78, 5) is 22.9. The standard InChI is InChI=1S/C19H34N6O/c1-16-21-12-14-25(16)13-8-7-11-22-18(20-2)23-15-19(9-5-6-10-19)17(26)24(3)4/h12,14H,5-11,13,15H2,1-4H3,(H2,20,22,23). The largest absolute Gasteiger partial charge is 0.356 e. The fourth-order valence-electron chi connectivity index (χ4n) is 3.72. The number of guanidine groups is 1. The third-order valence-corrected chi connectivity index (χ3v) is 5.28. The van der Waals surface area contributed by atoms with Crippen molar-refractivity contribution in [1.82, 2.24) is 25.1 Å². The topological polar surface area (TPSA) is 74.5 Å². The molecule has 0 aliphatic heterocycles. The van der Waals surface area contributed by atoms with Gasteiger partial charge in [0.2, 0.25) is 5.91 Å². The molecule has 1 heterocycles. The Morgan fingerprint density at radius 3 is 2.62 bits per heavy atom. The van der Waals surface area contributed by atoms with E-state index in [1.165, 1.54) is 0 Å². The number of nitrogens with one attached hydrogen (secondary N) is 2. The minimum absolute atomic E-state index is 0.230. The molecule has 0 saturated heterocycles. The Bertz CT molecular complexity index is 601. The minimum atomic E-state index is -0.278. The lowest BCUT2D eigenvalue weighted by molar-refractivity contribution is -0.138. The Labute approximate surface area is 157 Å². The molecule has 1 aromatic rings. The highest BCUT2D eigenvalue weighted by Crippen LogP contribution is 2.38. The third kappa shape index (κ3) is 5.22. The van der Waals surface area contributed by atoms with Crippen molar-refractivity contribution in [2.24, 2.45) is 10.4 Å². The number of unbranched alkanes of at least 4 members (excludes halogenated alkanes) is 1. The van der Waals surface area contributed by atoms with E-state index in [2.05, 4.69) is 25.2 Å². The van der Waals surface area contributed by atoms with E-state index >= 15 is 0 Å². The maximum Gasteiger partial charge on any atom is 0.230 e. The van der Waals surface area contributed by atoms with Crippen LogP contribution in [0.3, 0.4) is 0 Å².